The Balaban J connectivity index is 1.63. The van der Waals surface area contributed by atoms with Crippen molar-refractivity contribution in [2.75, 3.05) is 27.3 Å². The van der Waals surface area contributed by atoms with E-state index in [2.05, 4.69) is 18.9 Å². The van der Waals surface area contributed by atoms with Crippen molar-refractivity contribution in [3.05, 3.63) is 0 Å². The zero-order valence-electron chi connectivity index (χ0n) is 13.5. The molecule has 0 spiro atoms. The van der Waals surface area contributed by atoms with Crippen LogP contribution in [0.4, 0.5) is 0 Å². The van der Waals surface area contributed by atoms with Crippen molar-refractivity contribution in [2.24, 2.45) is 28.9 Å². The van der Waals surface area contributed by atoms with Gasteiger partial charge in [-0.3, -0.25) is 4.90 Å². The Morgan fingerprint density at radius 2 is 1.65 bits per heavy atom. The van der Waals surface area contributed by atoms with Crippen LogP contribution < -0.4 is 5.73 Å². The molecule has 0 aromatic carbocycles. The molecule has 4 aliphatic carbocycles. The van der Waals surface area contributed by atoms with Gasteiger partial charge in [0.05, 0.1) is 6.61 Å². The third-order valence-electron chi connectivity index (χ3n) is 6.52. The van der Waals surface area contributed by atoms with E-state index in [1.807, 2.05) is 0 Å². The molecule has 0 radical (unpaired) electrons. The van der Waals surface area contributed by atoms with Crippen LogP contribution in [0.2, 0.25) is 0 Å². The predicted octanol–water partition coefficient (Wildman–Crippen LogP) is 2.50. The molecule has 2 N–H and O–H groups in total. The van der Waals surface area contributed by atoms with Gasteiger partial charge in [0.1, 0.15) is 0 Å². The van der Waals surface area contributed by atoms with Crippen LogP contribution in [0.25, 0.3) is 0 Å². The number of nitrogens with zero attached hydrogens (tertiary/aromatic N) is 1. The second-order valence-corrected chi connectivity index (χ2v) is 8.13. The van der Waals surface area contributed by atoms with Gasteiger partial charge < -0.3 is 10.5 Å². The average molecular weight is 280 g/mol. The Kier molecular flexibility index (Phi) is 4.13. The van der Waals surface area contributed by atoms with Gasteiger partial charge in [0.15, 0.2) is 0 Å². The van der Waals surface area contributed by atoms with Gasteiger partial charge in [-0.1, -0.05) is 0 Å². The number of hydrogen-bond acceptors (Lipinski definition) is 3. The van der Waals surface area contributed by atoms with Crippen LogP contribution in [0.3, 0.4) is 0 Å². The number of ether oxygens (including phenoxy) is 1. The van der Waals surface area contributed by atoms with Crippen LogP contribution in [0.5, 0.6) is 0 Å². The van der Waals surface area contributed by atoms with Crippen molar-refractivity contribution >= 4 is 0 Å². The zero-order chi connectivity index (χ0) is 14.3. The zero-order valence-corrected chi connectivity index (χ0v) is 13.5. The summed E-state index contributed by atoms with van der Waals surface area (Å²) >= 11 is 0. The van der Waals surface area contributed by atoms with E-state index >= 15 is 0 Å². The Labute approximate surface area is 124 Å². The first-order valence-corrected chi connectivity index (χ1v) is 8.47. The lowest BCUT2D eigenvalue weighted by Gasteiger charge is -2.59. The molecule has 4 rings (SSSR count). The molecule has 0 amide bonds. The highest BCUT2D eigenvalue weighted by atomic mass is 16.5. The molecule has 0 saturated heterocycles. The molecular formula is C17H32N2O. The summed E-state index contributed by atoms with van der Waals surface area (Å²) in [5.41, 5.74) is 7.19. The SMILES string of the molecule is COCC(C)N(C)CC(N)C12CC3CC(CC(C3)C1)C2. The van der Waals surface area contributed by atoms with Crippen LogP contribution in [0.1, 0.15) is 45.4 Å². The Morgan fingerprint density at radius 1 is 1.15 bits per heavy atom. The molecule has 4 saturated carbocycles. The summed E-state index contributed by atoms with van der Waals surface area (Å²) in [5.74, 6) is 2.98. The first kappa shape index (κ1) is 14.8. The molecule has 0 aromatic rings. The van der Waals surface area contributed by atoms with E-state index in [-0.39, 0.29) is 0 Å². The smallest absolute Gasteiger partial charge is 0.0615 e. The lowest BCUT2D eigenvalue weighted by molar-refractivity contribution is -0.0725. The second-order valence-electron chi connectivity index (χ2n) is 8.13. The molecule has 20 heavy (non-hydrogen) atoms. The third kappa shape index (κ3) is 2.65. The van der Waals surface area contributed by atoms with Crippen molar-refractivity contribution in [2.45, 2.75) is 57.5 Å². The fourth-order valence-electron chi connectivity index (χ4n) is 5.68. The number of likely N-dealkylation sites (N-methyl/N-ethyl adjacent to an activating group) is 1. The maximum absolute atomic E-state index is 6.73. The topological polar surface area (TPSA) is 38.5 Å². The van der Waals surface area contributed by atoms with Crippen LogP contribution >= 0.6 is 0 Å². The largest absolute Gasteiger partial charge is 0.383 e. The number of nitrogens with two attached hydrogens (primary N) is 1. The molecule has 4 aliphatic rings. The van der Waals surface area contributed by atoms with Crippen molar-refractivity contribution in [1.29, 1.82) is 0 Å². The molecule has 3 nitrogen and oxygen atoms in total. The summed E-state index contributed by atoms with van der Waals surface area (Å²) in [4.78, 5) is 2.40. The summed E-state index contributed by atoms with van der Waals surface area (Å²) in [6, 6.07) is 0.806. The second kappa shape index (κ2) is 5.58. The van der Waals surface area contributed by atoms with E-state index < -0.39 is 0 Å². The maximum atomic E-state index is 6.73. The molecule has 0 aromatic heterocycles. The van der Waals surface area contributed by atoms with E-state index in [9.17, 15) is 0 Å². The van der Waals surface area contributed by atoms with E-state index in [0.717, 1.165) is 30.9 Å². The quantitative estimate of drug-likeness (QED) is 0.812. The lowest BCUT2D eigenvalue weighted by Crippen LogP contribution is -2.58. The molecule has 4 fully saturated rings. The van der Waals surface area contributed by atoms with Crippen molar-refractivity contribution in [1.82, 2.24) is 4.90 Å². The Morgan fingerprint density at radius 3 is 2.10 bits per heavy atom. The average Bonchev–Trinajstić information content (AvgIpc) is 2.37. The fourth-order valence-corrected chi connectivity index (χ4v) is 5.68. The molecular weight excluding hydrogens is 248 g/mol. The van der Waals surface area contributed by atoms with Gasteiger partial charge in [-0.05, 0) is 75.7 Å². The highest BCUT2D eigenvalue weighted by Gasteiger charge is 2.53. The predicted molar refractivity (Wildman–Crippen MR) is 82.5 cm³/mol. The van der Waals surface area contributed by atoms with Gasteiger partial charge in [0, 0.05) is 25.7 Å². The third-order valence-corrected chi connectivity index (χ3v) is 6.52. The van der Waals surface area contributed by atoms with Crippen molar-refractivity contribution < 1.29 is 4.74 Å². The minimum Gasteiger partial charge on any atom is -0.383 e. The standard InChI is InChI=1S/C17H32N2O/c1-12(11-20-3)19(2)10-16(18)17-7-13-4-14(8-17)6-15(5-13)9-17/h12-16H,4-11,18H2,1-3H3. The van der Waals surface area contributed by atoms with Gasteiger partial charge in [-0.15, -0.1) is 0 Å². The fraction of sp³-hybridized carbons (Fsp3) is 1.00. The van der Waals surface area contributed by atoms with E-state index in [0.29, 0.717) is 17.5 Å². The molecule has 0 aliphatic heterocycles. The molecule has 3 heteroatoms. The summed E-state index contributed by atoms with van der Waals surface area (Å²) in [6.07, 6.45) is 8.73. The van der Waals surface area contributed by atoms with Crippen molar-refractivity contribution in [3.63, 3.8) is 0 Å². The molecule has 2 unspecified atom stereocenters. The highest BCUT2D eigenvalue weighted by Crippen LogP contribution is 2.61. The normalized spacial score (nSPS) is 42.1. The van der Waals surface area contributed by atoms with Crippen LogP contribution in [0.15, 0.2) is 0 Å². The highest BCUT2D eigenvalue weighted by molar-refractivity contribution is 5.06. The minimum atomic E-state index is 0.347. The monoisotopic (exact) mass is 280 g/mol. The van der Waals surface area contributed by atoms with Crippen LogP contribution in [-0.2, 0) is 4.74 Å². The molecule has 2 atom stereocenters. The molecule has 4 bridgehead atoms. The number of methoxy groups -OCH3 is 1. The number of rotatable bonds is 6. The summed E-state index contributed by atoms with van der Waals surface area (Å²) in [7, 11) is 3.98. The van der Waals surface area contributed by atoms with Crippen molar-refractivity contribution in [3.8, 4) is 0 Å². The van der Waals surface area contributed by atoms with Gasteiger partial charge in [0.25, 0.3) is 0 Å². The summed E-state index contributed by atoms with van der Waals surface area (Å²) in [6.45, 7) is 4.05. The van der Waals surface area contributed by atoms with E-state index in [1.165, 1.54) is 38.5 Å². The van der Waals surface area contributed by atoms with Gasteiger partial charge >= 0.3 is 0 Å². The number of hydrogen-bond donors (Lipinski definition) is 1. The summed E-state index contributed by atoms with van der Waals surface area (Å²) in [5, 5.41) is 0. The first-order valence-electron chi connectivity index (χ1n) is 8.47. The van der Waals surface area contributed by atoms with Crippen LogP contribution in [0, 0.1) is 23.2 Å². The van der Waals surface area contributed by atoms with Gasteiger partial charge in [0.2, 0.25) is 0 Å². The summed E-state index contributed by atoms with van der Waals surface area (Å²) < 4.78 is 5.27. The van der Waals surface area contributed by atoms with E-state index in [4.69, 9.17) is 10.5 Å². The first-order chi connectivity index (χ1) is 9.52. The van der Waals surface area contributed by atoms with Gasteiger partial charge in [-0.25, -0.2) is 0 Å². The minimum absolute atomic E-state index is 0.347. The Bertz CT molecular complexity index is 309. The maximum Gasteiger partial charge on any atom is 0.0615 e. The van der Waals surface area contributed by atoms with E-state index in [1.54, 1.807) is 7.11 Å². The van der Waals surface area contributed by atoms with Crippen LogP contribution in [-0.4, -0.2) is 44.3 Å². The molecule has 116 valence electrons. The molecule has 0 heterocycles. The Hall–Kier alpha value is -0.120. The lowest BCUT2D eigenvalue weighted by atomic mass is 9.48. The van der Waals surface area contributed by atoms with Gasteiger partial charge in [-0.2, -0.15) is 0 Å².